The third kappa shape index (κ3) is 7.49. The number of hydrogen-bond acceptors (Lipinski definition) is 7. The molecule has 1 atom stereocenters. The van der Waals surface area contributed by atoms with Crippen molar-refractivity contribution < 1.29 is 31.2 Å². The van der Waals surface area contributed by atoms with Gasteiger partial charge in [-0.05, 0) is 61.7 Å². The summed E-state index contributed by atoms with van der Waals surface area (Å²) in [6, 6.07) is 9.03. The van der Waals surface area contributed by atoms with Crippen molar-refractivity contribution in [1.29, 1.82) is 0 Å². The quantitative estimate of drug-likeness (QED) is 0.299. The number of nitrogens with two attached hydrogens (primary N) is 1. The first-order chi connectivity index (χ1) is 17.4. The highest BCUT2D eigenvalue weighted by atomic mass is 35.5. The van der Waals surface area contributed by atoms with Crippen LogP contribution in [0.15, 0.2) is 58.3 Å². The van der Waals surface area contributed by atoms with Crippen LogP contribution in [0.5, 0.6) is 0 Å². The van der Waals surface area contributed by atoms with Crippen molar-refractivity contribution in [2.45, 2.75) is 41.5 Å². The van der Waals surface area contributed by atoms with Gasteiger partial charge in [-0.15, -0.1) is 0 Å². The predicted molar refractivity (Wildman–Crippen MR) is 134 cm³/mol. The average molecular weight is 572 g/mol. The Morgan fingerprint density at radius 2 is 1.59 bits per heavy atom. The largest absolute Gasteiger partial charge is 0.370 e. The van der Waals surface area contributed by atoms with Gasteiger partial charge in [0.15, 0.2) is 0 Å². The van der Waals surface area contributed by atoms with E-state index in [0.29, 0.717) is 18.1 Å². The summed E-state index contributed by atoms with van der Waals surface area (Å²) in [7, 11) is -7.96. The van der Waals surface area contributed by atoms with Gasteiger partial charge in [0, 0.05) is 30.1 Å². The lowest BCUT2D eigenvalue weighted by Gasteiger charge is -2.19. The van der Waals surface area contributed by atoms with Crippen molar-refractivity contribution >= 4 is 49.4 Å². The van der Waals surface area contributed by atoms with E-state index in [1.54, 1.807) is 0 Å². The molecule has 1 heterocycles. The monoisotopic (exact) mass is 571 g/mol. The number of primary amides is 1. The molecule has 2 aromatic rings. The zero-order valence-electron chi connectivity index (χ0n) is 19.5. The van der Waals surface area contributed by atoms with Crippen molar-refractivity contribution in [2.75, 3.05) is 13.1 Å². The van der Waals surface area contributed by atoms with Gasteiger partial charge in [-0.3, -0.25) is 25.2 Å². The molecule has 0 bridgehead atoms. The van der Waals surface area contributed by atoms with E-state index in [4.69, 9.17) is 17.3 Å². The minimum Gasteiger partial charge on any atom is -0.370 e. The number of amides is 3. The molecule has 12 nitrogen and oxygen atoms in total. The Kier molecular flexibility index (Phi) is 9.26. The highest BCUT2D eigenvalue weighted by Gasteiger charge is 2.29. The van der Waals surface area contributed by atoms with E-state index >= 15 is 0 Å². The highest BCUT2D eigenvalue weighted by Crippen LogP contribution is 2.21. The molecule has 0 saturated carbocycles. The summed E-state index contributed by atoms with van der Waals surface area (Å²) < 4.78 is 54.5. The third-order valence-corrected chi connectivity index (χ3v) is 9.15. The minimum absolute atomic E-state index is 0.0454. The molecule has 0 aliphatic carbocycles. The molecule has 2 aromatic carbocycles. The number of nitrogens with zero attached hydrogens (tertiary/aromatic N) is 1. The molecule has 0 aromatic heterocycles. The number of halogens is 1. The molecule has 1 aliphatic rings. The van der Waals surface area contributed by atoms with E-state index in [0.717, 1.165) is 12.8 Å². The van der Waals surface area contributed by atoms with Crippen LogP contribution in [0.3, 0.4) is 0 Å². The molecule has 37 heavy (non-hydrogen) atoms. The van der Waals surface area contributed by atoms with Crippen LogP contribution in [0.4, 0.5) is 0 Å². The smallest absolute Gasteiger partial charge is 0.269 e. The summed E-state index contributed by atoms with van der Waals surface area (Å²) in [4.78, 5) is 36.3. The first kappa shape index (κ1) is 28.5. The fourth-order valence-electron chi connectivity index (χ4n) is 3.55. The van der Waals surface area contributed by atoms with Gasteiger partial charge in [0.2, 0.25) is 26.0 Å². The SMILES string of the molecule is NC(=O)CCC(NS(=O)(=O)c1ccc(Cl)cc1)C(=O)NNC(=O)c1cccc(S(=O)(=O)N2CCCC2)c1. The molecule has 0 spiro atoms. The van der Waals surface area contributed by atoms with Gasteiger partial charge in [0.1, 0.15) is 6.04 Å². The molecule has 3 amide bonds. The normalized spacial score (nSPS) is 15.2. The number of carbonyl (C=O) groups excluding carboxylic acids is 3. The Bertz CT molecular complexity index is 1380. The van der Waals surface area contributed by atoms with Crippen molar-refractivity contribution in [1.82, 2.24) is 19.9 Å². The molecular formula is C22H26ClN5O7S2. The summed E-state index contributed by atoms with van der Waals surface area (Å²) in [6.07, 6.45) is 0.910. The highest BCUT2D eigenvalue weighted by molar-refractivity contribution is 7.89. The second-order valence-corrected chi connectivity index (χ2v) is 12.3. The summed E-state index contributed by atoms with van der Waals surface area (Å²) >= 11 is 5.78. The number of rotatable bonds is 10. The molecule has 1 aliphatic heterocycles. The van der Waals surface area contributed by atoms with Crippen LogP contribution < -0.4 is 21.3 Å². The number of carbonyl (C=O) groups is 3. The maximum Gasteiger partial charge on any atom is 0.269 e. The Hall–Kier alpha value is -3.04. The fourth-order valence-corrected chi connectivity index (χ4v) is 6.47. The van der Waals surface area contributed by atoms with Crippen LogP contribution in [-0.2, 0) is 29.6 Å². The number of hydrazine groups is 1. The van der Waals surface area contributed by atoms with Gasteiger partial charge in [0.25, 0.3) is 11.8 Å². The standard InChI is InChI=1S/C22H26ClN5O7S2/c23-16-6-8-17(9-7-16)36(32,33)27-19(10-11-20(24)29)22(31)26-25-21(30)15-4-3-5-18(14-15)37(34,35)28-12-1-2-13-28/h3-9,14,19,27H,1-2,10-13H2,(H2,24,29)(H,25,30)(H,26,31). The van der Waals surface area contributed by atoms with E-state index in [-0.39, 0.29) is 28.2 Å². The van der Waals surface area contributed by atoms with E-state index in [1.807, 2.05) is 0 Å². The first-order valence-corrected chi connectivity index (χ1v) is 14.5. The second kappa shape index (κ2) is 12.0. The van der Waals surface area contributed by atoms with Crippen LogP contribution in [0, 0.1) is 0 Å². The van der Waals surface area contributed by atoms with Crippen LogP contribution in [0.2, 0.25) is 5.02 Å². The second-order valence-electron chi connectivity index (χ2n) is 8.22. The van der Waals surface area contributed by atoms with Gasteiger partial charge in [-0.1, -0.05) is 17.7 Å². The van der Waals surface area contributed by atoms with Gasteiger partial charge in [-0.2, -0.15) is 9.03 Å². The van der Waals surface area contributed by atoms with Gasteiger partial charge >= 0.3 is 0 Å². The molecule has 1 saturated heterocycles. The van der Waals surface area contributed by atoms with Crippen molar-refractivity contribution in [3.05, 3.63) is 59.1 Å². The zero-order valence-corrected chi connectivity index (χ0v) is 21.9. The maximum atomic E-state index is 12.8. The molecule has 1 fully saturated rings. The van der Waals surface area contributed by atoms with Crippen LogP contribution >= 0.6 is 11.6 Å². The van der Waals surface area contributed by atoms with Gasteiger partial charge in [-0.25, -0.2) is 16.8 Å². The Balaban J connectivity index is 1.70. The zero-order chi connectivity index (χ0) is 27.2. The lowest BCUT2D eigenvalue weighted by molar-refractivity contribution is -0.124. The molecule has 0 radical (unpaired) electrons. The van der Waals surface area contributed by atoms with Crippen molar-refractivity contribution in [3.63, 3.8) is 0 Å². The Labute approximate surface area is 219 Å². The molecule has 15 heteroatoms. The van der Waals surface area contributed by atoms with E-state index in [2.05, 4.69) is 15.6 Å². The lowest BCUT2D eigenvalue weighted by Crippen LogP contribution is -2.52. The number of nitrogens with one attached hydrogen (secondary N) is 3. The number of hydrogen-bond donors (Lipinski definition) is 4. The van der Waals surface area contributed by atoms with Gasteiger partial charge in [0.05, 0.1) is 9.79 Å². The maximum absolute atomic E-state index is 12.8. The number of benzene rings is 2. The van der Waals surface area contributed by atoms with Crippen molar-refractivity contribution in [3.8, 4) is 0 Å². The van der Waals surface area contributed by atoms with Gasteiger partial charge < -0.3 is 5.73 Å². The van der Waals surface area contributed by atoms with E-state index in [9.17, 15) is 31.2 Å². The summed E-state index contributed by atoms with van der Waals surface area (Å²) in [6.45, 7) is 0.793. The number of sulfonamides is 2. The summed E-state index contributed by atoms with van der Waals surface area (Å²) in [5.74, 6) is -2.56. The topological polar surface area (TPSA) is 185 Å². The van der Waals surface area contributed by atoms with E-state index in [1.165, 1.54) is 52.8 Å². The molecule has 3 rings (SSSR count). The van der Waals surface area contributed by atoms with Crippen LogP contribution in [-0.4, -0.2) is 58.0 Å². The lowest BCUT2D eigenvalue weighted by atomic mass is 10.1. The fraction of sp³-hybridized carbons (Fsp3) is 0.318. The summed E-state index contributed by atoms with van der Waals surface area (Å²) in [5.41, 5.74) is 9.33. The Morgan fingerprint density at radius 3 is 2.22 bits per heavy atom. The van der Waals surface area contributed by atoms with Crippen LogP contribution in [0.1, 0.15) is 36.0 Å². The van der Waals surface area contributed by atoms with Crippen molar-refractivity contribution in [2.24, 2.45) is 5.73 Å². The third-order valence-electron chi connectivity index (χ3n) is 5.52. The van der Waals surface area contributed by atoms with E-state index < -0.39 is 43.8 Å². The van der Waals surface area contributed by atoms with Crippen LogP contribution in [0.25, 0.3) is 0 Å². The molecule has 200 valence electrons. The predicted octanol–water partition coefficient (Wildman–Crippen LogP) is 0.498. The molecular weight excluding hydrogens is 546 g/mol. The molecule has 1 unspecified atom stereocenters. The molecule has 5 N–H and O–H groups in total. The Morgan fingerprint density at radius 1 is 0.946 bits per heavy atom. The first-order valence-electron chi connectivity index (χ1n) is 11.2. The summed E-state index contributed by atoms with van der Waals surface area (Å²) in [5, 5.41) is 0.307. The minimum atomic E-state index is -4.20. The average Bonchev–Trinajstić information content (AvgIpc) is 3.41.